The molecule has 0 fully saturated rings. The Balaban J connectivity index is 2.66. The van der Waals surface area contributed by atoms with Crippen LogP contribution in [0, 0.1) is 0 Å². The number of hydrogen-bond donors (Lipinski definition) is 1. The lowest BCUT2D eigenvalue weighted by Gasteiger charge is -1.86. The van der Waals surface area contributed by atoms with Crippen molar-refractivity contribution in [3.8, 4) is 0 Å². The van der Waals surface area contributed by atoms with Crippen LogP contribution in [0.2, 0.25) is 0 Å². The number of rotatable bonds is 2. The maximum absolute atomic E-state index is 4.94. The maximum atomic E-state index is 4.94. The van der Waals surface area contributed by atoms with E-state index in [1.54, 1.807) is 12.3 Å². The van der Waals surface area contributed by atoms with Crippen LogP contribution in [0.4, 0.5) is 0 Å². The molecule has 2 heteroatoms. The standard InChI is InChI=1S/C4H9NO/c1-2-3-6-4-5/h2-3H,4-5H2,1H3. The predicted octanol–water partition coefficient (Wildman–Crippen LogP) is 0.453. The van der Waals surface area contributed by atoms with Crippen LogP contribution in [0.5, 0.6) is 0 Å². The van der Waals surface area contributed by atoms with Crippen molar-refractivity contribution < 1.29 is 4.74 Å². The zero-order valence-electron chi connectivity index (χ0n) is 3.85. The van der Waals surface area contributed by atoms with Crippen molar-refractivity contribution in [3.63, 3.8) is 0 Å². The van der Waals surface area contributed by atoms with Crippen molar-refractivity contribution in [2.45, 2.75) is 6.92 Å². The summed E-state index contributed by atoms with van der Waals surface area (Å²) >= 11 is 0. The van der Waals surface area contributed by atoms with Crippen LogP contribution in [-0.2, 0) is 4.74 Å². The first-order valence-electron chi connectivity index (χ1n) is 1.84. The molecule has 0 aromatic carbocycles. The van der Waals surface area contributed by atoms with Gasteiger partial charge in [-0.3, -0.25) is 5.73 Å². The number of hydrogen-bond acceptors (Lipinski definition) is 2. The highest BCUT2D eigenvalue weighted by Crippen LogP contribution is 1.67. The maximum Gasteiger partial charge on any atom is 0.136 e. The molecule has 0 amide bonds. The second kappa shape index (κ2) is 4.50. The van der Waals surface area contributed by atoms with E-state index in [4.69, 9.17) is 5.73 Å². The van der Waals surface area contributed by atoms with Gasteiger partial charge < -0.3 is 4.74 Å². The fourth-order valence-corrected chi connectivity index (χ4v) is 0.152. The predicted molar refractivity (Wildman–Crippen MR) is 25.0 cm³/mol. The molecule has 0 saturated heterocycles. The number of ether oxygens (including phenoxy) is 1. The van der Waals surface area contributed by atoms with Crippen molar-refractivity contribution >= 4 is 0 Å². The zero-order chi connectivity index (χ0) is 4.83. The lowest BCUT2D eigenvalue weighted by atomic mass is 10.7. The Morgan fingerprint density at radius 2 is 2.50 bits per heavy atom. The zero-order valence-corrected chi connectivity index (χ0v) is 3.85. The van der Waals surface area contributed by atoms with Crippen molar-refractivity contribution in [1.82, 2.24) is 0 Å². The van der Waals surface area contributed by atoms with Gasteiger partial charge in [0, 0.05) is 0 Å². The van der Waals surface area contributed by atoms with Gasteiger partial charge in [-0.2, -0.15) is 0 Å². The summed E-state index contributed by atoms with van der Waals surface area (Å²) in [7, 11) is 0. The van der Waals surface area contributed by atoms with Crippen LogP contribution in [0.15, 0.2) is 12.3 Å². The minimum Gasteiger partial charge on any atom is -0.487 e. The van der Waals surface area contributed by atoms with Crippen molar-refractivity contribution in [3.05, 3.63) is 12.3 Å². The van der Waals surface area contributed by atoms with Gasteiger partial charge in [0.15, 0.2) is 0 Å². The van der Waals surface area contributed by atoms with E-state index >= 15 is 0 Å². The second-order valence-corrected chi connectivity index (χ2v) is 0.803. The molecule has 2 nitrogen and oxygen atoms in total. The summed E-state index contributed by atoms with van der Waals surface area (Å²) in [6.07, 6.45) is 3.34. The fraction of sp³-hybridized carbons (Fsp3) is 0.500. The normalized spacial score (nSPS) is 9.67. The minimum atomic E-state index is 0.268. The summed E-state index contributed by atoms with van der Waals surface area (Å²) in [6, 6.07) is 0. The molecule has 0 aliphatic heterocycles. The Bertz CT molecular complexity index is 42.8. The molecule has 0 bridgehead atoms. The van der Waals surface area contributed by atoms with Gasteiger partial charge >= 0.3 is 0 Å². The van der Waals surface area contributed by atoms with Gasteiger partial charge in [0.2, 0.25) is 0 Å². The van der Waals surface area contributed by atoms with Crippen LogP contribution in [0.3, 0.4) is 0 Å². The third-order valence-corrected chi connectivity index (χ3v) is 0.329. The van der Waals surface area contributed by atoms with E-state index in [1.165, 1.54) is 0 Å². The van der Waals surface area contributed by atoms with E-state index in [-0.39, 0.29) is 6.73 Å². The molecular weight excluding hydrogens is 78.1 g/mol. The summed E-state index contributed by atoms with van der Waals surface area (Å²) in [5, 5.41) is 0. The lowest BCUT2D eigenvalue weighted by Crippen LogP contribution is -1.98. The van der Waals surface area contributed by atoms with E-state index in [0.29, 0.717) is 0 Å². The molecule has 0 atom stereocenters. The first-order valence-corrected chi connectivity index (χ1v) is 1.84. The highest BCUT2D eigenvalue weighted by atomic mass is 16.5. The van der Waals surface area contributed by atoms with Gasteiger partial charge in [0.1, 0.15) is 6.73 Å². The molecule has 0 radical (unpaired) electrons. The van der Waals surface area contributed by atoms with E-state index < -0.39 is 0 Å². The second-order valence-electron chi connectivity index (χ2n) is 0.803. The quantitative estimate of drug-likeness (QED) is 0.392. The summed E-state index contributed by atoms with van der Waals surface area (Å²) < 4.78 is 4.58. The average Bonchev–Trinajstić information content (AvgIpc) is 1.61. The van der Waals surface area contributed by atoms with Gasteiger partial charge in [-0.1, -0.05) is 6.08 Å². The van der Waals surface area contributed by atoms with Crippen LogP contribution < -0.4 is 5.73 Å². The van der Waals surface area contributed by atoms with Crippen molar-refractivity contribution in [2.24, 2.45) is 5.73 Å². The van der Waals surface area contributed by atoms with E-state index in [9.17, 15) is 0 Å². The number of allylic oxidation sites excluding steroid dienone is 1. The molecule has 6 heavy (non-hydrogen) atoms. The molecular formula is C4H9NO. The first-order chi connectivity index (χ1) is 2.91. The molecule has 0 aliphatic rings. The fourth-order valence-electron chi connectivity index (χ4n) is 0.152. The molecule has 0 aromatic heterocycles. The summed E-state index contributed by atoms with van der Waals surface area (Å²) in [4.78, 5) is 0. The Morgan fingerprint density at radius 3 is 2.67 bits per heavy atom. The Hall–Kier alpha value is -0.500. The van der Waals surface area contributed by atoms with Gasteiger partial charge in [-0.15, -0.1) is 0 Å². The largest absolute Gasteiger partial charge is 0.487 e. The summed E-state index contributed by atoms with van der Waals surface area (Å²) in [5.41, 5.74) is 4.94. The molecule has 0 saturated carbocycles. The molecule has 0 rings (SSSR count). The third-order valence-electron chi connectivity index (χ3n) is 0.329. The first kappa shape index (κ1) is 5.50. The van der Waals surface area contributed by atoms with Gasteiger partial charge in [0.05, 0.1) is 6.26 Å². The van der Waals surface area contributed by atoms with E-state index in [0.717, 1.165) is 0 Å². The van der Waals surface area contributed by atoms with Gasteiger partial charge in [0.25, 0.3) is 0 Å². The van der Waals surface area contributed by atoms with E-state index in [1.807, 2.05) is 6.92 Å². The van der Waals surface area contributed by atoms with Gasteiger partial charge in [-0.25, -0.2) is 0 Å². The minimum absolute atomic E-state index is 0.268. The lowest BCUT2D eigenvalue weighted by molar-refractivity contribution is 0.259. The Morgan fingerprint density at radius 1 is 1.83 bits per heavy atom. The summed E-state index contributed by atoms with van der Waals surface area (Å²) in [6.45, 7) is 2.14. The Kier molecular flexibility index (Phi) is 4.12. The SMILES string of the molecule is CC=COCN. The highest BCUT2D eigenvalue weighted by molar-refractivity contribution is 4.63. The Labute approximate surface area is 37.6 Å². The van der Waals surface area contributed by atoms with Crippen molar-refractivity contribution in [2.75, 3.05) is 6.73 Å². The summed E-state index contributed by atoms with van der Waals surface area (Å²) in [5.74, 6) is 0. The van der Waals surface area contributed by atoms with Crippen molar-refractivity contribution in [1.29, 1.82) is 0 Å². The van der Waals surface area contributed by atoms with E-state index in [2.05, 4.69) is 4.74 Å². The molecule has 0 aromatic rings. The smallest absolute Gasteiger partial charge is 0.136 e. The highest BCUT2D eigenvalue weighted by Gasteiger charge is 1.59. The third kappa shape index (κ3) is 3.50. The molecule has 0 heterocycles. The molecule has 36 valence electrons. The van der Waals surface area contributed by atoms with Crippen LogP contribution >= 0.6 is 0 Å². The van der Waals surface area contributed by atoms with Crippen LogP contribution in [0.1, 0.15) is 6.92 Å². The van der Waals surface area contributed by atoms with Gasteiger partial charge in [-0.05, 0) is 6.92 Å². The average molecular weight is 87.1 g/mol. The molecule has 0 spiro atoms. The van der Waals surface area contributed by atoms with Crippen LogP contribution in [-0.4, -0.2) is 6.73 Å². The van der Waals surface area contributed by atoms with Crippen LogP contribution in [0.25, 0.3) is 0 Å². The number of nitrogens with two attached hydrogens (primary N) is 1. The monoisotopic (exact) mass is 87.1 g/mol. The molecule has 2 N–H and O–H groups in total. The molecule has 0 aliphatic carbocycles. The topological polar surface area (TPSA) is 35.2 Å². The molecule has 0 unspecified atom stereocenters.